The van der Waals surface area contributed by atoms with Gasteiger partial charge in [-0.3, -0.25) is 0 Å². The summed E-state index contributed by atoms with van der Waals surface area (Å²) in [5.74, 6) is 0. The Balaban J connectivity index is 3.01. The van der Waals surface area contributed by atoms with Crippen LogP contribution in [-0.4, -0.2) is 6.03 Å². The van der Waals surface area contributed by atoms with Crippen molar-refractivity contribution in [1.82, 2.24) is 5.32 Å². The van der Waals surface area contributed by atoms with Gasteiger partial charge in [0.05, 0.1) is 11.6 Å². The van der Waals surface area contributed by atoms with Gasteiger partial charge in [0.1, 0.15) is 0 Å². The molecule has 3 N–H and O–H groups in total. The number of nitrogens with two attached hydrogens (primary N) is 1. The lowest BCUT2D eigenvalue weighted by molar-refractivity contribution is -0.137. The lowest BCUT2D eigenvalue weighted by atomic mass is 10.0. The third-order valence-electron chi connectivity index (χ3n) is 2.34. The molecule has 17 heavy (non-hydrogen) atoms. The topological polar surface area (TPSA) is 55.1 Å². The molecule has 0 saturated heterocycles. The molecule has 6 heteroatoms. The second-order valence-electron chi connectivity index (χ2n) is 3.59. The Morgan fingerprint density at radius 3 is 2.59 bits per heavy atom. The Kier molecular flexibility index (Phi) is 3.98. The van der Waals surface area contributed by atoms with Crippen LogP contribution in [0.2, 0.25) is 0 Å². The summed E-state index contributed by atoms with van der Waals surface area (Å²) in [6, 6.07) is 3.58. The zero-order valence-electron chi connectivity index (χ0n) is 9.21. The summed E-state index contributed by atoms with van der Waals surface area (Å²) in [4.78, 5) is 10.7. The average molecular weight is 246 g/mol. The molecule has 0 saturated carbocycles. The first-order chi connectivity index (χ1) is 7.84. The van der Waals surface area contributed by atoms with Gasteiger partial charge in [-0.15, -0.1) is 0 Å². The summed E-state index contributed by atoms with van der Waals surface area (Å²) in [7, 11) is 0. The summed E-state index contributed by atoms with van der Waals surface area (Å²) >= 11 is 0. The average Bonchev–Trinajstić information content (AvgIpc) is 2.24. The van der Waals surface area contributed by atoms with Gasteiger partial charge in [-0.1, -0.05) is 19.1 Å². The molecule has 0 aliphatic heterocycles. The van der Waals surface area contributed by atoms with Gasteiger partial charge in [-0.25, -0.2) is 4.79 Å². The van der Waals surface area contributed by atoms with Gasteiger partial charge >= 0.3 is 12.2 Å². The first kappa shape index (κ1) is 13.3. The fourth-order valence-electron chi connectivity index (χ4n) is 1.52. The molecule has 2 amide bonds. The smallest absolute Gasteiger partial charge is 0.352 e. The number of hydrogen-bond donors (Lipinski definition) is 2. The number of carbonyl (C=O) groups excluding carboxylic acids is 1. The maximum absolute atomic E-state index is 12.5. The Bertz CT molecular complexity index is 404. The molecular weight excluding hydrogens is 233 g/mol. The van der Waals surface area contributed by atoms with E-state index in [1.165, 1.54) is 12.1 Å². The molecule has 0 fully saturated rings. The van der Waals surface area contributed by atoms with Gasteiger partial charge in [-0.05, 0) is 24.1 Å². The Hall–Kier alpha value is -1.72. The van der Waals surface area contributed by atoms with Crippen LogP contribution in [0.1, 0.15) is 30.5 Å². The molecule has 0 radical (unpaired) electrons. The van der Waals surface area contributed by atoms with Gasteiger partial charge in [0.15, 0.2) is 0 Å². The van der Waals surface area contributed by atoms with Crippen molar-refractivity contribution in [2.24, 2.45) is 5.73 Å². The number of hydrogen-bond acceptors (Lipinski definition) is 1. The Morgan fingerprint density at radius 1 is 1.47 bits per heavy atom. The third kappa shape index (κ3) is 3.65. The minimum atomic E-state index is -4.39. The van der Waals surface area contributed by atoms with E-state index in [0.29, 0.717) is 12.0 Å². The number of nitrogens with one attached hydrogen (secondary N) is 1. The lowest BCUT2D eigenvalue weighted by Gasteiger charge is -2.17. The van der Waals surface area contributed by atoms with Crippen LogP contribution in [0.5, 0.6) is 0 Å². The highest BCUT2D eigenvalue weighted by molar-refractivity contribution is 5.72. The van der Waals surface area contributed by atoms with E-state index in [9.17, 15) is 18.0 Å². The van der Waals surface area contributed by atoms with Crippen molar-refractivity contribution in [2.45, 2.75) is 25.6 Å². The van der Waals surface area contributed by atoms with Gasteiger partial charge in [0, 0.05) is 0 Å². The zero-order valence-corrected chi connectivity index (χ0v) is 9.21. The first-order valence-electron chi connectivity index (χ1n) is 5.07. The van der Waals surface area contributed by atoms with E-state index in [1.807, 2.05) is 0 Å². The van der Waals surface area contributed by atoms with E-state index in [4.69, 9.17) is 5.73 Å². The van der Waals surface area contributed by atoms with Crippen molar-refractivity contribution in [3.8, 4) is 0 Å². The predicted octanol–water partition coefficient (Wildman–Crippen LogP) is 2.82. The van der Waals surface area contributed by atoms with Crippen molar-refractivity contribution in [1.29, 1.82) is 0 Å². The minimum absolute atomic E-state index is 0.390. The summed E-state index contributed by atoms with van der Waals surface area (Å²) in [6.07, 6.45) is -3.93. The number of urea groups is 1. The van der Waals surface area contributed by atoms with Crippen LogP contribution in [0.4, 0.5) is 18.0 Å². The number of halogens is 3. The monoisotopic (exact) mass is 246 g/mol. The van der Waals surface area contributed by atoms with Crippen LogP contribution in [0.15, 0.2) is 24.3 Å². The first-order valence-corrected chi connectivity index (χ1v) is 5.07. The van der Waals surface area contributed by atoms with Crippen LogP contribution in [0, 0.1) is 0 Å². The second-order valence-corrected chi connectivity index (χ2v) is 3.59. The van der Waals surface area contributed by atoms with E-state index >= 15 is 0 Å². The highest BCUT2D eigenvalue weighted by Gasteiger charge is 2.30. The molecule has 1 atom stereocenters. The van der Waals surface area contributed by atoms with E-state index in [-0.39, 0.29) is 0 Å². The normalized spacial score (nSPS) is 13.2. The SMILES string of the molecule is CCC(NC(N)=O)c1cccc(C(F)(F)F)c1. The molecule has 0 aliphatic carbocycles. The molecule has 1 aromatic rings. The van der Waals surface area contributed by atoms with Crippen LogP contribution in [0.25, 0.3) is 0 Å². The fraction of sp³-hybridized carbons (Fsp3) is 0.364. The maximum atomic E-state index is 12.5. The molecule has 0 spiro atoms. The zero-order chi connectivity index (χ0) is 13.1. The minimum Gasteiger partial charge on any atom is -0.352 e. The van der Waals surface area contributed by atoms with E-state index in [2.05, 4.69) is 5.32 Å². The highest BCUT2D eigenvalue weighted by atomic mass is 19.4. The van der Waals surface area contributed by atoms with E-state index < -0.39 is 23.8 Å². The van der Waals surface area contributed by atoms with Crippen molar-refractivity contribution >= 4 is 6.03 Å². The van der Waals surface area contributed by atoms with Gasteiger partial charge < -0.3 is 11.1 Å². The van der Waals surface area contributed by atoms with Crippen molar-refractivity contribution in [2.75, 3.05) is 0 Å². The molecule has 1 rings (SSSR count). The van der Waals surface area contributed by atoms with Crippen molar-refractivity contribution < 1.29 is 18.0 Å². The molecule has 0 aliphatic rings. The molecule has 3 nitrogen and oxygen atoms in total. The quantitative estimate of drug-likeness (QED) is 0.846. The van der Waals surface area contributed by atoms with Gasteiger partial charge in [0.2, 0.25) is 0 Å². The predicted molar refractivity (Wildman–Crippen MR) is 57.2 cm³/mol. The van der Waals surface area contributed by atoms with Crippen molar-refractivity contribution in [3.05, 3.63) is 35.4 Å². The summed E-state index contributed by atoms with van der Waals surface area (Å²) in [6.45, 7) is 1.75. The molecule has 1 unspecified atom stereocenters. The summed E-state index contributed by atoms with van der Waals surface area (Å²) < 4.78 is 37.5. The summed E-state index contributed by atoms with van der Waals surface area (Å²) in [5, 5.41) is 2.40. The van der Waals surface area contributed by atoms with E-state index in [0.717, 1.165) is 12.1 Å². The van der Waals surface area contributed by atoms with Crippen LogP contribution < -0.4 is 11.1 Å². The standard InChI is InChI=1S/C11H13F3N2O/c1-2-9(16-10(15)17)7-4-3-5-8(6-7)11(12,13)14/h3-6,9H,2H2,1H3,(H3,15,16,17). The Labute approximate surface area is 96.8 Å². The number of alkyl halides is 3. The number of benzene rings is 1. The molecular formula is C11H13F3N2O. The molecule has 1 aromatic carbocycles. The highest BCUT2D eigenvalue weighted by Crippen LogP contribution is 2.31. The third-order valence-corrected chi connectivity index (χ3v) is 2.34. The van der Waals surface area contributed by atoms with Gasteiger partial charge in [-0.2, -0.15) is 13.2 Å². The van der Waals surface area contributed by atoms with Crippen LogP contribution >= 0.6 is 0 Å². The molecule has 0 bridgehead atoms. The maximum Gasteiger partial charge on any atom is 0.416 e. The lowest BCUT2D eigenvalue weighted by Crippen LogP contribution is -2.33. The molecule has 0 aromatic heterocycles. The number of rotatable bonds is 3. The van der Waals surface area contributed by atoms with Crippen molar-refractivity contribution in [3.63, 3.8) is 0 Å². The number of primary amides is 1. The second kappa shape index (κ2) is 5.07. The van der Waals surface area contributed by atoms with E-state index in [1.54, 1.807) is 6.92 Å². The number of carbonyl (C=O) groups is 1. The fourth-order valence-corrected chi connectivity index (χ4v) is 1.52. The summed E-state index contributed by atoms with van der Waals surface area (Å²) in [5.41, 5.74) is 4.61. The van der Waals surface area contributed by atoms with Gasteiger partial charge in [0.25, 0.3) is 0 Å². The molecule has 94 valence electrons. The Morgan fingerprint density at radius 2 is 2.12 bits per heavy atom. The van der Waals surface area contributed by atoms with Crippen LogP contribution in [0.3, 0.4) is 0 Å². The number of amides is 2. The molecule has 0 heterocycles. The largest absolute Gasteiger partial charge is 0.416 e. The van der Waals surface area contributed by atoms with Crippen LogP contribution in [-0.2, 0) is 6.18 Å².